The van der Waals surface area contributed by atoms with Crippen molar-refractivity contribution in [3.8, 4) is 0 Å². The zero-order valence-electron chi connectivity index (χ0n) is 9.64. The van der Waals surface area contributed by atoms with E-state index in [2.05, 4.69) is 21.2 Å². The van der Waals surface area contributed by atoms with Crippen molar-refractivity contribution in [2.45, 2.75) is 13.5 Å². The SMILES string of the molecule is Cc1c(NCc2ccc(Br)s2)cccc1[N+](=O)[O-]. The minimum Gasteiger partial charge on any atom is -0.380 e. The Morgan fingerprint density at radius 1 is 1.39 bits per heavy atom. The largest absolute Gasteiger partial charge is 0.380 e. The van der Waals surface area contributed by atoms with Gasteiger partial charge in [0.15, 0.2) is 0 Å². The van der Waals surface area contributed by atoms with Crippen LogP contribution in [0.15, 0.2) is 34.1 Å². The van der Waals surface area contributed by atoms with Crippen LogP contribution in [-0.4, -0.2) is 4.92 Å². The number of hydrogen-bond donors (Lipinski definition) is 1. The van der Waals surface area contributed by atoms with Gasteiger partial charge >= 0.3 is 0 Å². The van der Waals surface area contributed by atoms with Gasteiger partial charge in [0.25, 0.3) is 5.69 Å². The molecule has 0 amide bonds. The Labute approximate surface area is 117 Å². The number of rotatable bonds is 4. The molecule has 0 saturated carbocycles. The van der Waals surface area contributed by atoms with Crippen LogP contribution < -0.4 is 5.32 Å². The summed E-state index contributed by atoms with van der Waals surface area (Å²) in [4.78, 5) is 11.6. The summed E-state index contributed by atoms with van der Waals surface area (Å²) in [5.41, 5.74) is 1.61. The maximum absolute atomic E-state index is 10.8. The van der Waals surface area contributed by atoms with Gasteiger partial charge in [-0.05, 0) is 41.1 Å². The van der Waals surface area contributed by atoms with Crippen molar-refractivity contribution in [1.29, 1.82) is 0 Å². The fourth-order valence-corrected chi connectivity index (χ4v) is 3.06. The van der Waals surface area contributed by atoms with E-state index in [0.29, 0.717) is 12.1 Å². The van der Waals surface area contributed by atoms with E-state index < -0.39 is 0 Å². The maximum atomic E-state index is 10.8. The maximum Gasteiger partial charge on any atom is 0.274 e. The lowest BCUT2D eigenvalue weighted by Crippen LogP contribution is -2.01. The average molecular weight is 327 g/mol. The highest BCUT2D eigenvalue weighted by Crippen LogP contribution is 2.27. The third kappa shape index (κ3) is 2.88. The molecule has 0 radical (unpaired) electrons. The van der Waals surface area contributed by atoms with Crippen LogP contribution in [-0.2, 0) is 6.54 Å². The first-order chi connectivity index (χ1) is 8.58. The first kappa shape index (κ1) is 13.0. The molecule has 18 heavy (non-hydrogen) atoms. The van der Waals surface area contributed by atoms with Crippen molar-refractivity contribution in [3.05, 3.63) is 54.7 Å². The Kier molecular flexibility index (Phi) is 3.98. The minimum atomic E-state index is -0.359. The zero-order chi connectivity index (χ0) is 13.1. The lowest BCUT2D eigenvalue weighted by molar-refractivity contribution is -0.385. The van der Waals surface area contributed by atoms with Crippen LogP contribution in [0, 0.1) is 17.0 Å². The van der Waals surface area contributed by atoms with Gasteiger partial charge in [0, 0.05) is 28.7 Å². The topological polar surface area (TPSA) is 55.2 Å². The molecule has 1 N–H and O–H groups in total. The number of halogens is 1. The third-order valence-corrected chi connectivity index (χ3v) is 4.21. The molecule has 0 bridgehead atoms. The third-order valence-electron chi connectivity index (χ3n) is 2.58. The van der Waals surface area contributed by atoms with Crippen LogP contribution in [0.25, 0.3) is 0 Å². The van der Waals surface area contributed by atoms with Gasteiger partial charge in [-0.3, -0.25) is 10.1 Å². The molecule has 0 spiro atoms. The summed E-state index contributed by atoms with van der Waals surface area (Å²) >= 11 is 5.05. The van der Waals surface area contributed by atoms with E-state index in [1.165, 1.54) is 10.9 Å². The van der Waals surface area contributed by atoms with Crippen LogP contribution in [0.5, 0.6) is 0 Å². The molecule has 6 heteroatoms. The lowest BCUT2D eigenvalue weighted by atomic mass is 10.1. The second-order valence-corrected chi connectivity index (χ2v) is 6.31. The van der Waals surface area contributed by atoms with Crippen LogP contribution in [0.2, 0.25) is 0 Å². The molecule has 0 aliphatic rings. The predicted octanol–water partition coefficient (Wildman–Crippen LogP) is 4.34. The summed E-state index contributed by atoms with van der Waals surface area (Å²) in [6, 6.07) is 9.07. The van der Waals surface area contributed by atoms with E-state index >= 15 is 0 Å². The first-order valence-corrected chi connectivity index (χ1v) is 6.91. The molecule has 0 aliphatic heterocycles. The standard InChI is InChI=1S/C12H11BrN2O2S/c1-8-10(3-2-4-11(8)15(16)17)14-7-9-5-6-12(13)18-9/h2-6,14H,7H2,1H3. The molecule has 1 aromatic heterocycles. The Morgan fingerprint density at radius 3 is 2.78 bits per heavy atom. The number of hydrogen-bond acceptors (Lipinski definition) is 4. The summed E-state index contributed by atoms with van der Waals surface area (Å²) in [5, 5.41) is 14.0. The molecular formula is C12H11BrN2O2S. The fraction of sp³-hybridized carbons (Fsp3) is 0.167. The smallest absolute Gasteiger partial charge is 0.274 e. The molecule has 94 valence electrons. The molecule has 0 unspecified atom stereocenters. The van der Waals surface area contributed by atoms with Gasteiger partial charge in [-0.2, -0.15) is 0 Å². The Hall–Kier alpha value is -1.40. The Morgan fingerprint density at radius 2 is 2.17 bits per heavy atom. The van der Waals surface area contributed by atoms with Gasteiger partial charge in [-0.1, -0.05) is 6.07 Å². The second kappa shape index (κ2) is 5.49. The van der Waals surface area contributed by atoms with Crippen molar-refractivity contribution in [3.63, 3.8) is 0 Å². The number of nitro benzene ring substituents is 1. The molecule has 0 saturated heterocycles. The number of nitrogens with one attached hydrogen (secondary N) is 1. The van der Waals surface area contributed by atoms with E-state index in [4.69, 9.17) is 0 Å². The Bertz CT molecular complexity index is 583. The number of thiophene rings is 1. The van der Waals surface area contributed by atoms with Crippen molar-refractivity contribution in [1.82, 2.24) is 0 Å². The van der Waals surface area contributed by atoms with Crippen LogP contribution in [0.3, 0.4) is 0 Å². The number of anilines is 1. The van der Waals surface area contributed by atoms with Crippen molar-refractivity contribution >= 4 is 38.6 Å². The number of nitrogens with zero attached hydrogens (tertiary/aromatic N) is 1. The van der Waals surface area contributed by atoms with E-state index in [1.54, 1.807) is 24.3 Å². The van der Waals surface area contributed by atoms with Crippen LogP contribution in [0.4, 0.5) is 11.4 Å². The summed E-state index contributed by atoms with van der Waals surface area (Å²) in [7, 11) is 0. The molecule has 1 aromatic carbocycles. The summed E-state index contributed by atoms with van der Waals surface area (Å²) in [5.74, 6) is 0. The van der Waals surface area contributed by atoms with Gasteiger partial charge in [0.2, 0.25) is 0 Å². The molecule has 2 rings (SSSR count). The summed E-state index contributed by atoms with van der Waals surface area (Å²) < 4.78 is 1.08. The average Bonchev–Trinajstić information content (AvgIpc) is 2.73. The number of nitro groups is 1. The lowest BCUT2D eigenvalue weighted by Gasteiger charge is -2.08. The van der Waals surface area contributed by atoms with Crippen molar-refractivity contribution in [2.24, 2.45) is 0 Å². The summed E-state index contributed by atoms with van der Waals surface area (Å²) in [6.45, 7) is 2.42. The highest BCUT2D eigenvalue weighted by Gasteiger charge is 2.12. The molecule has 0 aliphatic carbocycles. The number of benzene rings is 1. The second-order valence-electron chi connectivity index (χ2n) is 3.77. The highest BCUT2D eigenvalue weighted by atomic mass is 79.9. The molecule has 1 heterocycles. The summed E-state index contributed by atoms with van der Waals surface area (Å²) in [6.07, 6.45) is 0. The molecule has 2 aromatic rings. The van der Waals surface area contributed by atoms with Gasteiger partial charge in [-0.15, -0.1) is 11.3 Å². The monoisotopic (exact) mass is 326 g/mol. The fourth-order valence-electron chi connectivity index (χ4n) is 1.64. The van der Waals surface area contributed by atoms with Crippen molar-refractivity contribution < 1.29 is 4.92 Å². The van der Waals surface area contributed by atoms with E-state index in [-0.39, 0.29) is 10.6 Å². The quantitative estimate of drug-likeness (QED) is 0.671. The molecule has 4 nitrogen and oxygen atoms in total. The van der Waals surface area contributed by atoms with Gasteiger partial charge in [-0.25, -0.2) is 0 Å². The van der Waals surface area contributed by atoms with E-state index in [0.717, 1.165) is 9.47 Å². The first-order valence-electron chi connectivity index (χ1n) is 5.30. The van der Waals surface area contributed by atoms with Crippen LogP contribution in [0.1, 0.15) is 10.4 Å². The minimum absolute atomic E-state index is 0.146. The van der Waals surface area contributed by atoms with Gasteiger partial charge in [0.1, 0.15) is 0 Å². The van der Waals surface area contributed by atoms with Crippen molar-refractivity contribution in [2.75, 3.05) is 5.32 Å². The zero-order valence-corrected chi connectivity index (χ0v) is 12.0. The molecule has 0 fully saturated rings. The van der Waals surface area contributed by atoms with Gasteiger partial charge < -0.3 is 5.32 Å². The van der Waals surface area contributed by atoms with E-state index in [1.807, 2.05) is 18.2 Å². The Balaban J connectivity index is 2.14. The normalized spacial score (nSPS) is 10.3. The van der Waals surface area contributed by atoms with E-state index in [9.17, 15) is 10.1 Å². The highest BCUT2D eigenvalue weighted by molar-refractivity contribution is 9.11. The predicted molar refractivity (Wildman–Crippen MR) is 77.2 cm³/mol. The van der Waals surface area contributed by atoms with Crippen LogP contribution >= 0.6 is 27.3 Å². The molecule has 0 atom stereocenters. The molecular weight excluding hydrogens is 316 g/mol. The van der Waals surface area contributed by atoms with Gasteiger partial charge in [0.05, 0.1) is 8.71 Å².